The molecule has 0 fully saturated rings. The second-order valence-electron chi connectivity index (χ2n) is 4.13. The maximum Gasteiger partial charge on any atom is 0.500 e. The van der Waals surface area contributed by atoms with Gasteiger partial charge in [-0.05, 0) is 40.5 Å². The van der Waals surface area contributed by atoms with Gasteiger partial charge in [-0.25, -0.2) is 0 Å². The molecule has 0 saturated carbocycles. The molecular formula is C14H30O4Si. The van der Waals surface area contributed by atoms with Gasteiger partial charge in [0.25, 0.3) is 0 Å². The Hall–Kier alpha value is -0.363. The van der Waals surface area contributed by atoms with Gasteiger partial charge in [-0.3, -0.25) is 0 Å². The first-order valence-electron chi connectivity index (χ1n) is 7.39. The molecule has 0 aliphatic heterocycles. The Morgan fingerprint density at radius 3 is 1.89 bits per heavy atom. The largest absolute Gasteiger partial charge is 0.502 e. The molecule has 0 aromatic heterocycles. The molecule has 19 heavy (non-hydrogen) atoms. The van der Waals surface area contributed by atoms with Crippen LogP contribution in [-0.2, 0) is 18.0 Å². The van der Waals surface area contributed by atoms with E-state index in [0.717, 1.165) is 31.9 Å². The van der Waals surface area contributed by atoms with Gasteiger partial charge < -0.3 is 18.0 Å². The van der Waals surface area contributed by atoms with Crippen molar-refractivity contribution in [3.8, 4) is 0 Å². The number of rotatable bonds is 13. The molecule has 0 aliphatic carbocycles. The number of allylic oxidation sites excluding steroid dienone is 1. The van der Waals surface area contributed by atoms with Crippen LogP contribution >= 0.6 is 0 Å². The first-order valence-corrected chi connectivity index (χ1v) is 9.32. The molecule has 114 valence electrons. The van der Waals surface area contributed by atoms with Crippen molar-refractivity contribution < 1.29 is 18.0 Å². The summed E-state index contributed by atoms with van der Waals surface area (Å²) in [5.74, 6) is 0. The summed E-state index contributed by atoms with van der Waals surface area (Å²) in [6, 6.07) is 0.895. The summed E-state index contributed by atoms with van der Waals surface area (Å²) in [6.45, 7) is 10.6. The highest BCUT2D eigenvalue weighted by atomic mass is 28.4. The van der Waals surface area contributed by atoms with E-state index in [0.29, 0.717) is 19.8 Å². The predicted molar refractivity (Wildman–Crippen MR) is 80.1 cm³/mol. The smallest absolute Gasteiger partial charge is 0.500 e. The van der Waals surface area contributed by atoms with Crippen molar-refractivity contribution in [2.75, 3.05) is 26.4 Å². The van der Waals surface area contributed by atoms with Crippen molar-refractivity contribution in [1.29, 1.82) is 0 Å². The van der Waals surface area contributed by atoms with E-state index in [9.17, 15) is 0 Å². The zero-order valence-corrected chi connectivity index (χ0v) is 13.9. The van der Waals surface area contributed by atoms with Crippen LogP contribution in [0.15, 0.2) is 12.3 Å². The topological polar surface area (TPSA) is 36.9 Å². The fourth-order valence-corrected chi connectivity index (χ4v) is 4.55. The summed E-state index contributed by atoms with van der Waals surface area (Å²) in [5.41, 5.74) is 0. The fraction of sp³-hybridized carbons (Fsp3) is 0.857. The Balaban J connectivity index is 3.96. The highest BCUT2D eigenvalue weighted by molar-refractivity contribution is 6.60. The van der Waals surface area contributed by atoms with Crippen LogP contribution in [0.1, 0.15) is 47.0 Å². The zero-order chi connectivity index (χ0) is 14.4. The number of hydrogen-bond acceptors (Lipinski definition) is 4. The van der Waals surface area contributed by atoms with Crippen molar-refractivity contribution in [2.45, 2.75) is 53.0 Å². The summed E-state index contributed by atoms with van der Waals surface area (Å²) >= 11 is 0. The van der Waals surface area contributed by atoms with E-state index in [1.165, 1.54) is 0 Å². The summed E-state index contributed by atoms with van der Waals surface area (Å²) in [5, 5.41) is 0. The summed E-state index contributed by atoms with van der Waals surface area (Å²) in [7, 11) is -2.43. The van der Waals surface area contributed by atoms with Crippen LogP contribution < -0.4 is 0 Å². The molecule has 0 radical (unpaired) electrons. The predicted octanol–water partition coefficient (Wildman–Crippen LogP) is 3.76. The van der Waals surface area contributed by atoms with E-state index < -0.39 is 8.80 Å². The quantitative estimate of drug-likeness (QED) is 0.294. The highest BCUT2D eigenvalue weighted by Crippen LogP contribution is 2.19. The summed E-state index contributed by atoms with van der Waals surface area (Å²) in [6.07, 6.45) is 6.86. The molecule has 0 aliphatic rings. The van der Waals surface area contributed by atoms with Gasteiger partial charge in [0.1, 0.15) is 0 Å². The minimum Gasteiger partial charge on any atom is -0.502 e. The van der Waals surface area contributed by atoms with Crippen LogP contribution in [0.4, 0.5) is 0 Å². The van der Waals surface area contributed by atoms with E-state index in [4.69, 9.17) is 18.0 Å². The molecular weight excluding hydrogens is 260 g/mol. The van der Waals surface area contributed by atoms with Crippen molar-refractivity contribution >= 4 is 8.80 Å². The van der Waals surface area contributed by atoms with Gasteiger partial charge in [-0.15, -0.1) is 0 Å². The van der Waals surface area contributed by atoms with Gasteiger partial charge in [0.05, 0.1) is 12.9 Å². The van der Waals surface area contributed by atoms with Crippen LogP contribution in [-0.4, -0.2) is 35.2 Å². The molecule has 0 heterocycles. The Labute approximate surface area is 119 Å². The maximum atomic E-state index is 5.81. The second kappa shape index (κ2) is 12.7. The van der Waals surface area contributed by atoms with Crippen molar-refractivity contribution in [1.82, 2.24) is 0 Å². The molecule has 0 N–H and O–H groups in total. The molecule has 5 heteroatoms. The Kier molecular flexibility index (Phi) is 12.4. The third-order valence-corrected chi connectivity index (χ3v) is 5.72. The van der Waals surface area contributed by atoms with E-state index >= 15 is 0 Å². The molecule has 0 atom stereocenters. The molecule has 0 aromatic rings. The van der Waals surface area contributed by atoms with Gasteiger partial charge in [0, 0.05) is 25.9 Å². The van der Waals surface area contributed by atoms with E-state index in [1.54, 1.807) is 6.26 Å². The Morgan fingerprint density at radius 2 is 1.42 bits per heavy atom. The van der Waals surface area contributed by atoms with Gasteiger partial charge in [-0.1, -0.05) is 12.5 Å². The molecule has 4 nitrogen and oxygen atoms in total. The molecule has 0 bridgehead atoms. The SMILES string of the molecule is CC=COCCCCC[Si](OCC)(OCC)OCC. The minimum absolute atomic E-state index is 0.649. The van der Waals surface area contributed by atoms with E-state index in [-0.39, 0.29) is 0 Å². The highest BCUT2D eigenvalue weighted by Gasteiger charge is 2.39. The lowest BCUT2D eigenvalue weighted by Gasteiger charge is -2.28. The zero-order valence-electron chi connectivity index (χ0n) is 12.9. The van der Waals surface area contributed by atoms with Crippen LogP contribution in [0, 0.1) is 0 Å². The monoisotopic (exact) mass is 290 g/mol. The van der Waals surface area contributed by atoms with Crippen LogP contribution in [0.3, 0.4) is 0 Å². The van der Waals surface area contributed by atoms with Crippen molar-refractivity contribution in [3.63, 3.8) is 0 Å². The molecule has 0 spiro atoms. The van der Waals surface area contributed by atoms with E-state index in [1.807, 2.05) is 33.8 Å². The third kappa shape index (κ3) is 9.21. The van der Waals surface area contributed by atoms with Crippen LogP contribution in [0.5, 0.6) is 0 Å². The van der Waals surface area contributed by atoms with Gasteiger partial charge in [-0.2, -0.15) is 0 Å². The summed E-state index contributed by atoms with van der Waals surface area (Å²) < 4.78 is 22.7. The van der Waals surface area contributed by atoms with Crippen LogP contribution in [0.2, 0.25) is 6.04 Å². The molecule has 0 saturated heterocycles. The average Bonchev–Trinajstić information content (AvgIpc) is 2.39. The first kappa shape index (κ1) is 18.6. The Bertz CT molecular complexity index is 204. The third-order valence-electron chi connectivity index (χ3n) is 2.57. The van der Waals surface area contributed by atoms with Crippen molar-refractivity contribution in [3.05, 3.63) is 12.3 Å². The molecule has 0 amide bonds. The number of unbranched alkanes of at least 4 members (excludes halogenated alkanes) is 2. The lowest BCUT2D eigenvalue weighted by atomic mass is 10.3. The second-order valence-corrected chi connectivity index (χ2v) is 6.86. The van der Waals surface area contributed by atoms with E-state index in [2.05, 4.69) is 0 Å². The standard InChI is InChI=1S/C14H30O4Si/c1-5-12-15-13-10-9-11-14-19(16-6-2,17-7-3)18-8-4/h5,12H,6-11,13-14H2,1-4H3. The Morgan fingerprint density at radius 1 is 0.842 bits per heavy atom. The summed E-state index contributed by atoms with van der Waals surface area (Å²) in [4.78, 5) is 0. The fourth-order valence-electron chi connectivity index (χ4n) is 1.87. The maximum absolute atomic E-state index is 5.81. The van der Waals surface area contributed by atoms with Gasteiger partial charge in [0.2, 0.25) is 0 Å². The number of hydrogen-bond donors (Lipinski definition) is 0. The molecule has 0 rings (SSSR count). The number of ether oxygens (including phenoxy) is 1. The van der Waals surface area contributed by atoms with Crippen molar-refractivity contribution in [2.24, 2.45) is 0 Å². The normalized spacial score (nSPS) is 12.2. The van der Waals surface area contributed by atoms with Gasteiger partial charge >= 0.3 is 8.80 Å². The molecule has 0 unspecified atom stereocenters. The van der Waals surface area contributed by atoms with Crippen LogP contribution in [0.25, 0.3) is 0 Å². The van der Waals surface area contributed by atoms with Gasteiger partial charge in [0.15, 0.2) is 0 Å². The lowest BCUT2D eigenvalue weighted by Crippen LogP contribution is -2.45. The first-order chi connectivity index (χ1) is 9.24. The average molecular weight is 290 g/mol. The molecule has 0 aromatic carbocycles. The minimum atomic E-state index is -2.43. The lowest BCUT2D eigenvalue weighted by molar-refractivity contribution is 0.0705.